The molecule has 1 aliphatic rings. The highest BCUT2D eigenvalue weighted by Crippen LogP contribution is 2.33. The van der Waals surface area contributed by atoms with Gasteiger partial charge >= 0.3 is 0 Å². The third-order valence-electron chi connectivity index (χ3n) is 5.84. The van der Waals surface area contributed by atoms with Gasteiger partial charge in [-0.2, -0.15) is 0 Å². The smallest absolute Gasteiger partial charge is 0.209 e. The molecule has 0 radical (unpaired) electrons. The Morgan fingerprint density at radius 3 is 2.46 bits per heavy atom. The molecule has 4 aromatic rings. The SMILES string of the molecule is CS(=O)(=O)c1ccc(-c2cnc(NCc3c(F)ccc4c3CCO4)n3cnc(S(C)(=O)=O)c23)cc1. The summed E-state index contributed by atoms with van der Waals surface area (Å²) in [4.78, 5) is 8.68. The Kier molecular flexibility index (Phi) is 5.52. The minimum Gasteiger partial charge on any atom is -0.493 e. The third-order valence-corrected chi connectivity index (χ3v) is 7.97. The molecule has 2 aromatic carbocycles. The predicted molar refractivity (Wildman–Crippen MR) is 128 cm³/mol. The van der Waals surface area contributed by atoms with Crippen molar-refractivity contribution >= 4 is 31.1 Å². The summed E-state index contributed by atoms with van der Waals surface area (Å²) in [6, 6.07) is 9.03. The van der Waals surface area contributed by atoms with E-state index >= 15 is 0 Å². The van der Waals surface area contributed by atoms with Crippen LogP contribution in [0.5, 0.6) is 5.75 Å². The van der Waals surface area contributed by atoms with E-state index < -0.39 is 19.7 Å². The van der Waals surface area contributed by atoms with Crippen molar-refractivity contribution in [2.45, 2.75) is 22.9 Å². The van der Waals surface area contributed by atoms with Crippen LogP contribution in [0.15, 0.2) is 58.8 Å². The maximum atomic E-state index is 14.6. The lowest BCUT2D eigenvalue weighted by Gasteiger charge is -2.14. The molecule has 5 rings (SSSR count). The van der Waals surface area contributed by atoms with Gasteiger partial charge in [-0.3, -0.25) is 4.40 Å². The van der Waals surface area contributed by atoms with Gasteiger partial charge in [0.1, 0.15) is 17.9 Å². The van der Waals surface area contributed by atoms with E-state index in [0.29, 0.717) is 35.5 Å². The van der Waals surface area contributed by atoms with Gasteiger partial charge in [0, 0.05) is 48.4 Å². The van der Waals surface area contributed by atoms with Gasteiger partial charge in [0.25, 0.3) is 0 Å². The summed E-state index contributed by atoms with van der Waals surface area (Å²) in [5.41, 5.74) is 2.54. The van der Waals surface area contributed by atoms with Crippen LogP contribution in [0, 0.1) is 5.82 Å². The fraction of sp³-hybridized carbons (Fsp3) is 0.217. The first-order valence-corrected chi connectivity index (χ1v) is 14.4. The van der Waals surface area contributed by atoms with E-state index in [1.54, 1.807) is 18.2 Å². The van der Waals surface area contributed by atoms with Crippen molar-refractivity contribution in [3.8, 4) is 16.9 Å². The molecule has 0 unspecified atom stereocenters. The quantitative estimate of drug-likeness (QED) is 0.416. The number of halogens is 1. The first-order chi connectivity index (χ1) is 16.5. The second kappa shape index (κ2) is 8.31. The summed E-state index contributed by atoms with van der Waals surface area (Å²) in [6.07, 6.45) is 5.58. The number of hydrogen-bond donors (Lipinski definition) is 1. The highest BCUT2D eigenvalue weighted by molar-refractivity contribution is 7.91. The van der Waals surface area contributed by atoms with Gasteiger partial charge in [-0.1, -0.05) is 12.1 Å². The van der Waals surface area contributed by atoms with Crippen LogP contribution in [-0.2, 0) is 32.6 Å². The maximum Gasteiger partial charge on any atom is 0.209 e. The number of ether oxygens (including phenoxy) is 1. The molecule has 1 N–H and O–H groups in total. The molecule has 0 aliphatic carbocycles. The summed E-state index contributed by atoms with van der Waals surface area (Å²) in [5, 5.41) is 2.94. The number of benzene rings is 2. The van der Waals surface area contributed by atoms with Crippen molar-refractivity contribution in [1.82, 2.24) is 14.4 Å². The van der Waals surface area contributed by atoms with Crippen LogP contribution < -0.4 is 10.1 Å². The van der Waals surface area contributed by atoms with Crippen LogP contribution in [0.2, 0.25) is 0 Å². The Balaban J connectivity index is 1.59. The molecule has 182 valence electrons. The summed E-state index contributed by atoms with van der Waals surface area (Å²) in [6.45, 7) is 0.593. The fourth-order valence-corrected chi connectivity index (χ4v) is 5.58. The van der Waals surface area contributed by atoms with Crippen molar-refractivity contribution in [3.05, 3.63) is 65.9 Å². The number of imidazole rings is 1. The number of hydrogen-bond acceptors (Lipinski definition) is 8. The summed E-state index contributed by atoms with van der Waals surface area (Å²) >= 11 is 0. The van der Waals surface area contributed by atoms with Crippen LogP contribution >= 0.6 is 0 Å². The van der Waals surface area contributed by atoms with Crippen LogP contribution in [0.1, 0.15) is 11.1 Å². The van der Waals surface area contributed by atoms with Gasteiger partial charge in [-0.15, -0.1) is 0 Å². The molecule has 12 heteroatoms. The molecule has 3 heterocycles. The van der Waals surface area contributed by atoms with Crippen molar-refractivity contribution in [3.63, 3.8) is 0 Å². The second-order valence-electron chi connectivity index (χ2n) is 8.29. The third kappa shape index (κ3) is 4.23. The minimum atomic E-state index is -3.71. The molecule has 0 atom stereocenters. The molecule has 0 amide bonds. The summed E-state index contributed by atoms with van der Waals surface area (Å²) in [7, 11) is -7.10. The molecule has 0 bridgehead atoms. The highest BCUT2D eigenvalue weighted by atomic mass is 32.2. The van der Waals surface area contributed by atoms with Crippen LogP contribution in [-0.4, -0.2) is 50.3 Å². The monoisotopic (exact) mass is 516 g/mol. The lowest BCUT2D eigenvalue weighted by atomic mass is 10.0. The van der Waals surface area contributed by atoms with Crippen LogP contribution in [0.25, 0.3) is 16.6 Å². The highest BCUT2D eigenvalue weighted by Gasteiger charge is 2.23. The lowest BCUT2D eigenvalue weighted by molar-refractivity contribution is 0.356. The lowest BCUT2D eigenvalue weighted by Crippen LogP contribution is -2.10. The Morgan fingerprint density at radius 1 is 1.03 bits per heavy atom. The van der Waals surface area contributed by atoms with E-state index in [0.717, 1.165) is 18.1 Å². The molecule has 2 aromatic heterocycles. The van der Waals surface area contributed by atoms with Crippen molar-refractivity contribution < 1.29 is 26.0 Å². The molecule has 9 nitrogen and oxygen atoms in total. The molecule has 0 saturated heterocycles. The molecule has 0 spiro atoms. The predicted octanol–water partition coefficient (Wildman–Crippen LogP) is 2.89. The molecule has 1 aliphatic heterocycles. The zero-order chi connectivity index (χ0) is 25.0. The van der Waals surface area contributed by atoms with Crippen molar-refractivity contribution in [2.24, 2.45) is 0 Å². The number of rotatable bonds is 6. The minimum absolute atomic E-state index is 0.106. The zero-order valence-corrected chi connectivity index (χ0v) is 20.5. The summed E-state index contributed by atoms with van der Waals surface area (Å²) < 4.78 is 70.2. The van der Waals surface area contributed by atoms with Crippen LogP contribution in [0.4, 0.5) is 10.3 Å². The van der Waals surface area contributed by atoms with Crippen molar-refractivity contribution in [1.29, 1.82) is 0 Å². The van der Waals surface area contributed by atoms with Gasteiger partial charge in [-0.05, 0) is 29.8 Å². The van der Waals surface area contributed by atoms with Crippen molar-refractivity contribution in [2.75, 3.05) is 24.4 Å². The van der Waals surface area contributed by atoms with Gasteiger partial charge in [0.2, 0.25) is 5.95 Å². The van der Waals surface area contributed by atoms with E-state index in [2.05, 4.69) is 15.3 Å². The Bertz CT molecular complexity index is 1680. The molecular formula is C23H21FN4O5S2. The van der Waals surface area contributed by atoms with E-state index in [-0.39, 0.29) is 33.7 Å². The average Bonchev–Trinajstić information content (AvgIpc) is 3.45. The van der Waals surface area contributed by atoms with Gasteiger partial charge in [0.15, 0.2) is 24.7 Å². The van der Waals surface area contributed by atoms with Gasteiger partial charge < -0.3 is 10.1 Å². The Labute approximate surface area is 201 Å². The number of aromatic nitrogens is 3. The Morgan fingerprint density at radius 2 is 1.77 bits per heavy atom. The number of anilines is 1. The normalized spacial score (nSPS) is 13.6. The van der Waals surface area contributed by atoms with Gasteiger partial charge in [0.05, 0.1) is 17.0 Å². The number of nitrogens with zero attached hydrogens (tertiary/aromatic N) is 3. The molecule has 0 fully saturated rings. The molecular weight excluding hydrogens is 495 g/mol. The largest absolute Gasteiger partial charge is 0.493 e. The maximum absolute atomic E-state index is 14.6. The van der Waals surface area contributed by atoms with Gasteiger partial charge in [-0.25, -0.2) is 31.2 Å². The van der Waals surface area contributed by atoms with E-state index in [1.807, 2.05) is 0 Å². The van der Waals surface area contributed by atoms with Crippen LogP contribution in [0.3, 0.4) is 0 Å². The van der Waals surface area contributed by atoms with E-state index in [9.17, 15) is 21.2 Å². The zero-order valence-electron chi connectivity index (χ0n) is 18.8. The fourth-order valence-electron chi connectivity index (χ4n) is 4.16. The van der Waals surface area contributed by atoms with E-state index in [1.165, 1.54) is 35.1 Å². The number of nitrogens with one attached hydrogen (secondary N) is 1. The van der Waals surface area contributed by atoms with E-state index in [4.69, 9.17) is 4.74 Å². The first-order valence-electron chi connectivity index (χ1n) is 10.6. The molecule has 0 saturated carbocycles. The number of sulfone groups is 2. The molecule has 35 heavy (non-hydrogen) atoms. The summed E-state index contributed by atoms with van der Waals surface area (Å²) in [5.74, 6) is 0.550. The standard InChI is InChI=1S/C23H21FN4O5S2/c1-34(29,30)15-5-3-14(4-6-15)17-11-25-23(28-13-27-22(21(17)28)35(2,31)32)26-12-18-16-9-10-33-20(16)8-7-19(18)24/h3-8,11,13H,9-10,12H2,1-2H3,(H,25,26). The average molecular weight is 517 g/mol. The Hall–Kier alpha value is -3.51. The second-order valence-corrected chi connectivity index (χ2v) is 12.2. The number of fused-ring (bicyclic) bond motifs is 2. The first kappa shape index (κ1) is 23.2. The topological polar surface area (TPSA) is 120 Å².